The van der Waals surface area contributed by atoms with Crippen molar-refractivity contribution in [3.63, 3.8) is 0 Å². The summed E-state index contributed by atoms with van der Waals surface area (Å²) in [4.78, 5) is 28.3. The van der Waals surface area contributed by atoms with Crippen LogP contribution in [0.1, 0.15) is 49.5 Å². The van der Waals surface area contributed by atoms with Crippen molar-refractivity contribution in [2.24, 2.45) is 5.92 Å². The first-order valence-electron chi connectivity index (χ1n) is 13.5. The molecule has 38 heavy (non-hydrogen) atoms. The predicted octanol–water partition coefficient (Wildman–Crippen LogP) is 6.33. The lowest BCUT2D eigenvalue weighted by atomic mass is 9.89. The van der Waals surface area contributed by atoms with Crippen LogP contribution >= 0.6 is 0 Å². The number of hydrogen-bond acceptors (Lipinski definition) is 4. The maximum atomic E-state index is 13.2. The number of benzene rings is 3. The highest BCUT2D eigenvalue weighted by molar-refractivity contribution is 6.04. The van der Waals surface area contributed by atoms with Crippen LogP contribution < -0.4 is 25.6 Å². The lowest BCUT2D eigenvalue weighted by Crippen LogP contribution is -2.37. The molecule has 1 heterocycles. The van der Waals surface area contributed by atoms with E-state index in [1.807, 2.05) is 51.1 Å². The van der Waals surface area contributed by atoms with E-state index in [4.69, 9.17) is 4.74 Å². The van der Waals surface area contributed by atoms with Gasteiger partial charge in [-0.15, -0.1) is 0 Å². The van der Waals surface area contributed by atoms with Crippen LogP contribution in [0.2, 0.25) is 0 Å². The van der Waals surface area contributed by atoms with Crippen LogP contribution in [0.5, 0.6) is 5.75 Å². The molecule has 200 valence electrons. The second-order valence-corrected chi connectivity index (χ2v) is 9.99. The molecule has 3 N–H and O–H groups in total. The molecule has 0 bridgehead atoms. The summed E-state index contributed by atoms with van der Waals surface area (Å²) in [6.07, 6.45) is 3.23. The van der Waals surface area contributed by atoms with Gasteiger partial charge in [0.15, 0.2) is 0 Å². The normalized spacial score (nSPS) is 13.7. The first kappa shape index (κ1) is 27.0. The average Bonchev–Trinajstić information content (AvgIpc) is 2.91. The van der Waals surface area contributed by atoms with Crippen molar-refractivity contribution in [2.45, 2.75) is 46.1 Å². The molecular formula is C31H38N4O3. The zero-order valence-electron chi connectivity index (χ0n) is 22.5. The highest BCUT2D eigenvalue weighted by Crippen LogP contribution is 2.30. The van der Waals surface area contributed by atoms with Gasteiger partial charge in [-0.3, -0.25) is 4.79 Å². The number of amides is 3. The third-order valence-corrected chi connectivity index (χ3v) is 6.68. The Morgan fingerprint density at radius 3 is 2.37 bits per heavy atom. The summed E-state index contributed by atoms with van der Waals surface area (Å²) < 4.78 is 5.60. The summed E-state index contributed by atoms with van der Waals surface area (Å²) in [5.41, 5.74) is 3.97. The summed E-state index contributed by atoms with van der Waals surface area (Å²) in [6, 6.07) is 23.1. The van der Waals surface area contributed by atoms with E-state index in [1.54, 1.807) is 12.1 Å². The smallest absolute Gasteiger partial charge is 0.323 e. The molecule has 3 aromatic rings. The minimum absolute atomic E-state index is 0.00180. The van der Waals surface area contributed by atoms with Crippen LogP contribution in [0.15, 0.2) is 72.8 Å². The fourth-order valence-electron chi connectivity index (χ4n) is 4.87. The maximum Gasteiger partial charge on any atom is 0.323 e. The van der Waals surface area contributed by atoms with E-state index in [9.17, 15) is 9.59 Å². The first-order chi connectivity index (χ1) is 18.4. The molecule has 1 fully saturated rings. The lowest BCUT2D eigenvalue weighted by molar-refractivity contribution is 0.0943. The minimum Gasteiger partial charge on any atom is -0.492 e. The number of anilines is 3. The summed E-state index contributed by atoms with van der Waals surface area (Å²) in [6.45, 7) is 8.06. The summed E-state index contributed by atoms with van der Waals surface area (Å²) in [5, 5.41) is 8.72. The topological polar surface area (TPSA) is 82.7 Å². The molecular weight excluding hydrogens is 476 g/mol. The molecule has 1 aliphatic heterocycles. The number of carbonyl (C=O) groups excluding carboxylic acids is 2. The van der Waals surface area contributed by atoms with E-state index >= 15 is 0 Å². The summed E-state index contributed by atoms with van der Waals surface area (Å²) >= 11 is 0. The minimum atomic E-state index is -0.401. The van der Waals surface area contributed by atoms with Gasteiger partial charge in [-0.25, -0.2) is 4.79 Å². The number of para-hydroxylation sites is 2. The van der Waals surface area contributed by atoms with Gasteiger partial charge in [-0.1, -0.05) is 42.5 Å². The van der Waals surface area contributed by atoms with Crippen molar-refractivity contribution < 1.29 is 14.3 Å². The van der Waals surface area contributed by atoms with E-state index in [1.165, 1.54) is 5.56 Å². The number of nitrogens with zero attached hydrogens (tertiary/aromatic N) is 1. The third-order valence-electron chi connectivity index (χ3n) is 6.68. The Kier molecular flexibility index (Phi) is 9.25. The van der Waals surface area contributed by atoms with Gasteiger partial charge < -0.3 is 25.6 Å². The molecule has 3 aromatic carbocycles. The second-order valence-electron chi connectivity index (χ2n) is 9.99. The number of piperidine rings is 1. The van der Waals surface area contributed by atoms with Crippen molar-refractivity contribution in [2.75, 3.05) is 35.2 Å². The quantitative estimate of drug-likeness (QED) is 0.312. The fraction of sp³-hybridized carbons (Fsp3) is 0.355. The van der Waals surface area contributed by atoms with Crippen molar-refractivity contribution in [1.29, 1.82) is 0 Å². The molecule has 0 spiro atoms. The van der Waals surface area contributed by atoms with Gasteiger partial charge in [0.05, 0.1) is 17.9 Å². The average molecular weight is 515 g/mol. The molecule has 1 aliphatic rings. The van der Waals surface area contributed by atoms with Gasteiger partial charge in [0.25, 0.3) is 5.91 Å². The Hall–Kier alpha value is -4.00. The van der Waals surface area contributed by atoms with Gasteiger partial charge in [0, 0.05) is 30.5 Å². The van der Waals surface area contributed by atoms with Crippen molar-refractivity contribution in [3.05, 3.63) is 83.9 Å². The molecule has 7 heteroatoms. The van der Waals surface area contributed by atoms with Crippen molar-refractivity contribution in [3.8, 4) is 5.75 Å². The molecule has 4 rings (SSSR count). The number of carbonyl (C=O) groups is 2. The molecule has 7 nitrogen and oxygen atoms in total. The molecule has 0 atom stereocenters. The van der Waals surface area contributed by atoms with Gasteiger partial charge in [-0.2, -0.15) is 0 Å². The fourth-order valence-corrected chi connectivity index (χ4v) is 4.87. The zero-order chi connectivity index (χ0) is 26.9. The third kappa shape index (κ3) is 7.28. The first-order valence-corrected chi connectivity index (χ1v) is 13.5. The molecule has 1 saturated heterocycles. The van der Waals surface area contributed by atoms with Gasteiger partial charge in [0.1, 0.15) is 5.75 Å². The highest BCUT2D eigenvalue weighted by atomic mass is 16.5. The number of rotatable bonds is 9. The standard InChI is InChI=1S/C31H38N4O3/c1-4-38-29-13-9-8-12-27(29)34-31(37)33-25-14-15-28(26(21-25)30(36)32-22(2)3)35-18-16-24(17-19-35)20-23-10-6-5-7-11-23/h5-15,21-22,24H,4,16-20H2,1-3H3,(H,32,36)(H2,33,34,37). The van der Waals surface area contributed by atoms with Crippen LogP contribution in [0.4, 0.5) is 21.9 Å². The number of nitrogens with one attached hydrogen (secondary N) is 3. The van der Waals surface area contributed by atoms with Crippen LogP contribution in [-0.4, -0.2) is 37.7 Å². The SMILES string of the molecule is CCOc1ccccc1NC(=O)Nc1ccc(N2CCC(Cc3ccccc3)CC2)c(C(=O)NC(C)C)c1. The number of urea groups is 1. The molecule has 0 radical (unpaired) electrons. The van der Waals surface area contributed by atoms with Crippen molar-refractivity contribution >= 4 is 29.0 Å². The van der Waals surface area contributed by atoms with E-state index < -0.39 is 6.03 Å². The lowest BCUT2D eigenvalue weighted by Gasteiger charge is -2.35. The zero-order valence-corrected chi connectivity index (χ0v) is 22.5. The van der Waals surface area contributed by atoms with E-state index in [0.29, 0.717) is 35.2 Å². The Balaban J connectivity index is 1.46. The predicted molar refractivity (Wildman–Crippen MR) is 154 cm³/mol. The van der Waals surface area contributed by atoms with Crippen molar-refractivity contribution in [1.82, 2.24) is 5.32 Å². The largest absolute Gasteiger partial charge is 0.492 e. The Morgan fingerprint density at radius 1 is 0.947 bits per heavy atom. The van der Waals surface area contributed by atoms with E-state index in [0.717, 1.165) is 38.0 Å². The van der Waals surface area contributed by atoms with Crippen LogP contribution in [-0.2, 0) is 6.42 Å². The molecule has 3 amide bonds. The second kappa shape index (κ2) is 13.0. The summed E-state index contributed by atoms with van der Waals surface area (Å²) in [7, 11) is 0. The van der Waals surface area contributed by atoms with E-state index in [-0.39, 0.29) is 11.9 Å². The van der Waals surface area contributed by atoms with Crippen LogP contribution in [0, 0.1) is 5.92 Å². The summed E-state index contributed by atoms with van der Waals surface area (Å²) in [5.74, 6) is 1.09. The van der Waals surface area contributed by atoms with E-state index in [2.05, 4.69) is 51.2 Å². The van der Waals surface area contributed by atoms with Gasteiger partial charge >= 0.3 is 6.03 Å². The number of ether oxygens (including phenoxy) is 1. The monoisotopic (exact) mass is 514 g/mol. The maximum absolute atomic E-state index is 13.2. The Bertz CT molecular complexity index is 1220. The number of hydrogen-bond donors (Lipinski definition) is 3. The Labute approximate surface area is 225 Å². The van der Waals surface area contributed by atoms with Gasteiger partial charge in [0.2, 0.25) is 0 Å². The Morgan fingerprint density at radius 2 is 1.66 bits per heavy atom. The molecule has 0 unspecified atom stereocenters. The van der Waals surface area contributed by atoms with Crippen LogP contribution in [0.3, 0.4) is 0 Å². The molecule has 0 aromatic heterocycles. The molecule has 0 aliphatic carbocycles. The molecule has 0 saturated carbocycles. The van der Waals surface area contributed by atoms with Gasteiger partial charge in [-0.05, 0) is 81.8 Å². The van der Waals surface area contributed by atoms with Crippen LogP contribution in [0.25, 0.3) is 0 Å². The highest BCUT2D eigenvalue weighted by Gasteiger charge is 2.24.